The number of aromatic nitrogens is 2. The minimum absolute atomic E-state index is 0.0146. The van der Waals surface area contributed by atoms with Gasteiger partial charge in [-0.25, -0.2) is 9.97 Å². The summed E-state index contributed by atoms with van der Waals surface area (Å²) in [6.07, 6.45) is 0.877. The minimum Gasteiger partial charge on any atom is -0.357 e. The molecular weight excluding hydrogens is 312 g/mol. The molecule has 5 heteroatoms. The highest BCUT2D eigenvalue weighted by Gasteiger charge is 2.28. The molecule has 1 aromatic heterocycles. The first-order valence-corrected chi connectivity index (χ1v) is 8.50. The Morgan fingerprint density at radius 2 is 1.56 bits per heavy atom. The fourth-order valence-corrected chi connectivity index (χ4v) is 3.25. The summed E-state index contributed by atoms with van der Waals surface area (Å²) >= 11 is 0. The van der Waals surface area contributed by atoms with Gasteiger partial charge in [0.1, 0.15) is 0 Å². The summed E-state index contributed by atoms with van der Waals surface area (Å²) in [6, 6.07) is 15.5. The number of carbonyl (C=O) groups excluding carboxylic acids is 1. The molecule has 25 heavy (non-hydrogen) atoms. The number of aryl methyl sites for hydroxylation is 1. The van der Waals surface area contributed by atoms with Crippen LogP contribution in [0.25, 0.3) is 11.0 Å². The van der Waals surface area contributed by atoms with Crippen LogP contribution in [0.4, 0.5) is 11.6 Å². The molecule has 0 saturated heterocycles. The molecule has 0 fully saturated rings. The van der Waals surface area contributed by atoms with Crippen LogP contribution in [0.2, 0.25) is 0 Å². The van der Waals surface area contributed by atoms with Crippen LogP contribution < -0.4 is 9.80 Å². The van der Waals surface area contributed by atoms with E-state index >= 15 is 0 Å². The monoisotopic (exact) mass is 332 g/mol. The third kappa shape index (κ3) is 2.71. The minimum atomic E-state index is -0.0146. The Labute approximate surface area is 146 Å². The van der Waals surface area contributed by atoms with Gasteiger partial charge in [0.05, 0.1) is 11.0 Å². The lowest BCUT2D eigenvalue weighted by atomic mass is 10.1. The summed E-state index contributed by atoms with van der Waals surface area (Å²) in [5.74, 6) is 1.39. The van der Waals surface area contributed by atoms with Gasteiger partial charge in [0, 0.05) is 25.7 Å². The van der Waals surface area contributed by atoms with Gasteiger partial charge in [0.2, 0.25) is 0 Å². The smallest absolute Gasteiger partial charge is 0.259 e. The molecule has 1 amide bonds. The van der Waals surface area contributed by atoms with Gasteiger partial charge >= 0.3 is 0 Å². The van der Waals surface area contributed by atoms with Crippen LogP contribution >= 0.6 is 0 Å². The quantitative estimate of drug-likeness (QED) is 0.685. The predicted octanol–water partition coefficient (Wildman–Crippen LogP) is 3.42. The van der Waals surface area contributed by atoms with E-state index in [4.69, 9.17) is 9.97 Å². The Morgan fingerprint density at radius 3 is 2.28 bits per heavy atom. The normalized spacial score (nSPS) is 14.3. The van der Waals surface area contributed by atoms with Gasteiger partial charge in [-0.1, -0.05) is 30.3 Å². The van der Waals surface area contributed by atoms with E-state index in [2.05, 4.69) is 4.90 Å². The summed E-state index contributed by atoms with van der Waals surface area (Å²) in [7, 11) is 2.00. The van der Waals surface area contributed by atoms with Crippen molar-refractivity contribution in [3.63, 3.8) is 0 Å². The predicted molar refractivity (Wildman–Crippen MR) is 100 cm³/mol. The molecule has 126 valence electrons. The summed E-state index contributed by atoms with van der Waals surface area (Å²) in [5.41, 5.74) is 3.34. The molecule has 0 atom stereocenters. The molecule has 4 rings (SSSR count). The number of carbonyl (C=O) groups is 1. The first-order chi connectivity index (χ1) is 12.1. The van der Waals surface area contributed by atoms with Gasteiger partial charge in [0.25, 0.3) is 5.91 Å². The van der Waals surface area contributed by atoms with Crippen LogP contribution in [0.5, 0.6) is 0 Å². The van der Waals surface area contributed by atoms with Crippen molar-refractivity contribution in [2.45, 2.75) is 13.3 Å². The lowest BCUT2D eigenvalue weighted by molar-refractivity contribution is 0.0986. The van der Waals surface area contributed by atoms with E-state index in [1.807, 2.05) is 62.5 Å². The number of hydrogen-bond donors (Lipinski definition) is 0. The molecule has 2 aromatic carbocycles. The molecule has 2 heterocycles. The molecule has 1 aliphatic rings. The number of nitrogens with zero attached hydrogens (tertiary/aromatic N) is 4. The Bertz CT molecular complexity index is 953. The maximum absolute atomic E-state index is 13.2. The van der Waals surface area contributed by atoms with Crippen molar-refractivity contribution in [3.8, 4) is 0 Å². The summed E-state index contributed by atoms with van der Waals surface area (Å²) < 4.78 is 0. The standard InChI is InChI=1S/C20H20N4O/c1-14-8-3-4-9-15(14)20(25)24-13-7-12-23(2)18-19(24)22-17-11-6-5-10-16(17)21-18/h3-6,8-11H,7,12-13H2,1-2H3. The van der Waals surface area contributed by atoms with Crippen LogP contribution in [0, 0.1) is 6.92 Å². The number of para-hydroxylation sites is 2. The van der Waals surface area contributed by atoms with Gasteiger partial charge in [-0.05, 0) is 37.1 Å². The number of anilines is 2. The fraction of sp³-hybridized carbons (Fsp3) is 0.250. The maximum Gasteiger partial charge on any atom is 0.259 e. The molecule has 0 bridgehead atoms. The molecule has 0 unspecified atom stereocenters. The number of hydrogen-bond acceptors (Lipinski definition) is 4. The lowest BCUT2D eigenvalue weighted by Crippen LogP contribution is -2.33. The van der Waals surface area contributed by atoms with Crippen LogP contribution in [0.15, 0.2) is 48.5 Å². The zero-order valence-corrected chi connectivity index (χ0v) is 14.4. The summed E-state index contributed by atoms with van der Waals surface area (Å²) in [4.78, 5) is 26.6. The SMILES string of the molecule is Cc1ccccc1C(=O)N1CCCN(C)c2nc3ccccc3nc21. The molecule has 0 aliphatic carbocycles. The van der Waals surface area contributed by atoms with Gasteiger partial charge < -0.3 is 4.90 Å². The zero-order valence-electron chi connectivity index (χ0n) is 14.4. The van der Waals surface area contributed by atoms with E-state index in [1.165, 1.54) is 0 Å². The topological polar surface area (TPSA) is 49.3 Å². The molecule has 0 radical (unpaired) electrons. The zero-order chi connectivity index (χ0) is 17.4. The third-order valence-corrected chi connectivity index (χ3v) is 4.65. The molecule has 0 spiro atoms. The maximum atomic E-state index is 13.2. The Balaban J connectivity index is 1.87. The third-order valence-electron chi connectivity index (χ3n) is 4.65. The Morgan fingerprint density at radius 1 is 0.920 bits per heavy atom. The van der Waals surface area contributed by atoms with Gasteiger partial charge in [-0.15, -0.1) is 0 Å². The number of amides is 1. The second kappa shape index (κ2) is 6.16. The van der Waals surface area contributed by atoms with E-state index in [-0.39, 0.29) is 5.91 Å². The van der Waals surface area contributed by atoms with Crippen LogP contribution in [0.3, 0.4) is 0 Å². The average Bonchev–Trinajstić information content (AvgIpc) is 2.79. The number of rotatable bonds is 1. The first kappa shape index (κ1) is 15.6. The van der Waals surface area contributed by atoms with Crippen LogP contribution in [-0.2, 0) is 0 Å². The van der Waals surface area contributed by atoms with Crippen LogP contribution in [-0.4, -0.2) is 36.0 Å². The lowest BCUT2D eigenvalue weighted by Gasteiger charge is -2.23. The molecule has 5 nitrogen and oxygen atoms in total. The second-order valence-corrected chi connectivity index (χ2v) is 6.41. The van der Waals surface area contributed by atoms with Crippen molar-refractivity contribution in [1.29, 1.82) is 0 Å². The highest BCUT2D eigenvalue weighted by Crippen LogP contribution is 2.31. The summed E-state index contributed by atoms with van der Waals surface area (Å²) in [5, 5.41) is 0. The Kier molecular flexibility index (Phi) is 3.84. The summed E-state index contributed by atoms with van der Waals surface area (Å²) in [6.45, 7) is 3.44. The molecule has 3 aromatic rings. The second-order valence-electron chi connectivity index (χ2n) is 6.41. The van der Waals surface area contributed by atoms with E-state index in [1.54, 1.807) is 4.90 Å². The first-order valence-electron chi connectivity index (χ1n) is 8.50. The van der Waals surface area contributed by atoms with Crippen molar-refractivity contribution in [2.24, 2.45) is 0 Å². The van der Waals surface area contributed by atoms with Crippen LogP contribution in [0.1, 0.15) is 22.3 Å². The van der Waals surface area contributed by atoms with E-state index < -0.39 is 0 Å². The molecule has 1 aliphatic heterocycles. The molecular formula is C20H20N4O. The fourth-order valence-electron chi connectivity index (χ4n) is 3.25. The largest absolute Gasteiger partial charge is 0.357 e. The van der Waals surface area contributed by atoms with E-state index in [0.717, 1.165) is 35.4 Å². The van der Waals surface area contributed by atoms with Crippen molar-refractivity contribution >= 4 is 28.6 Å². The molecule has 0 saturated carbocycles. The number of fused-ring (bicyclic) bond motifs is 2. The van der Waals surface area contributed by atoms with Gasteiger partial charge in [-0.3, -0.25) is 9.69 Å². The van der Waals surface area contributed by atoms with E-state index in [9.17, 15) is 4.79 Å². The van der Waals surface area contributed by atoms with E-state index in [0.29, 0.717) is 17.9 Å². The van der Waals surface area contributed by atoms with Gasteiger partial charge in [-0.2, -0.15) is 0 Å². The highest BCUT2D eigenvalue weighted by atomic mass is 16.2. The van der Waals surface area contributed by atoms with Gasteiger partial charge in [0.15, 0.2) is 11.6 Å². The van der Waals surface area contributed by atoms with Crippen molar-refractivity contribution in [1.82, 2.24) is 9.97 Å². The Hall–Kier alpha value is -2.95. The van der Waals surface area contributed by atoms with Crippen molar-refractivity contribution in [3.05, 3.63) is 59.7 Å². The average molecular weight is 332 g/mol. The number of benzene rings is 2. The van der Waals surface area contributed by atoms with Crippen molar-refractivity contribution < 1.29 is 4.79 Å². The highest BCUT2D eigenvalue weighted by molar-refractivity contribution is 6.08. The van der Waals surface area contributed by atoms with Crippen molar-refractivity contribution in [2.75, 3.05) is 29.9 Å². The molecule has 0 N–H and O–H groups in total.